The number of amides is 2. The Morgan fingerprint density at radius 1 is 0.956 bits per heavy atom. The monoisotopic (exact) mass is 634 g/mol. The quantitative estimate of drug-likeness (QED) is 0.356. The van der Waals surface area contributed by atoms with Crippen LogP contribution in [0.3, 0.4) is 0 Å². The molecule has 1 saturated heterocycles. The molecule has 3 aromatic carbocycles. The first-order valence-corrected chi connectivity index (χ1v) is 15.6. The minimum Gasteiger partial charge on any atom is -0.497 e. The van der Waals surface area contributed by atoms with Gasteiger partial charge in [0, 0.05) is 37.8 Å². The SMILES string of the molecule is COc1ccc(S(=O)(=O)N2C(=O)C(c3ccccc3OC)(N3CCCC[C@@H]3OC(=O)N(C)C)c3cc(C#N)ccc32)c(OC)c1. The number of methoxy groups -OCH3 is 3. The predicted molar refractivity (Wildman–Crippen MR) is 164 cm³/mol. The zero-order valence-electron chi connectivity index (χ0n) is 25.6. The summed E-state index contributed by atoms with van der Waals surface area (Å²) in [6, 6.07) is 17.5. The second-order valence-electron chi connectivity index (χ2n) is 10.8. The summed E-state index contributed by atoms with van der Waals surface area (Å²) in [4.78, 5) is 30.9. The van der Waals surface area contributed by atoms with Crippen LogP contribution in [0.4, 0.5) is 10.5 Å². The summed E-state index contributed by atoms with van der Waals surface area (Å²) in [5, 5.41) is 9.93. The van der Waals surface area contributed by atoms with Crippen LogP contribution in [0.25, 0.3) is 0 Å². The number of carbonyl (C=O) groups is 2. The maximum atomic E-state index is 15.3. The Morgan fingerprint density at radius 2 is 1.69 bits per heavy atom. The lowest BCUT2D eigenvalue weighted by molar-refractivity contribution is -0.140. The number of ether oxygens (including phenoxy) is 4. The van der Waals surface area contributed by atoms with Crippen LogP contribution < -0.4 is 18.5 Å². The molecule has 236 valence electrons. The molecule has 12 nitrogen and oxygen atoms in total. The first-order chi connectivity index (χ1) is 21.6. The number of likely N-dealkylation sites (tertiary alicyclic amines) is 1. The summed E-state index contributed by atoms with van der Waals surface area (Å²) in [6.07, 6.45) is 0.182. The molecule has 0 bridgehead atoms. The number of piperidine rings is 1. The van der Waals surface area contributed by atoms with Gasteiger partial charge >= 0.3 is 6.09 Å². The molecular formula is C32H34N4O8S. The van der Waals surface area contributed by atoms with E-state index in [0.717, 1.165) is 4.31 Å². The summed E-state index contributed by atoms with van der Waals surface area (Å²) in [7, 11) is 2.68. The number of para-hydroxylation sites is 1. The van der Waals surface area contributed by atoms with Crippen molar-refractivity contribution in [3.05, 3.63) is 77.4 Å². The van der Waals surface area contributed by atoms with Crippen molar-refractivity contribution < 1.29 is 37.0 Å². The molecule has 0 aromatic heterocycles. The van der Waals surface area contributed by atoms with E-state index in [1.165, 1.54) is 62.6 Å². The fraction of sp³-hybridized carbons (Fsp3) is 0.344. The number of rotatable bonds is 8. The normalized spacial score (nSPS) is 19.8. The Hall–Kier alpha value is -4.80. The van der Waals surface area contributed by atoms with E-state index in [4.69, 9.17) is 18.9 Å². The number of nitriles is 1. The van der Waals surface area contributed by atoms with E-state index < -0.39 is 33.8 Å². The molecule has 0 radical (unpaired) electrons. The topological polar surface area (TPSA) is 139 Å². The minimum atomic E-state index is -4.64. The molecule has 45 heavy (non-hydrogen) atoms. The van der Waals surface area contributed by atoms with Crippen LogP contribution in [-0.4, -0.2) is 78.4 Å². The second kappa shape index (κ2) is 12.3. The van der Waals surface area contributed by atoms with Gasteiger partial charge in [-0.25, -0.2) is 22.4 Å². The van der Waals surface area contributed by atoms with Crippen LogP contribution in [0.2, 0.25) is 0 Å². The molecule has 2 aliphatic heterocycles. The lowest BCUT2D eigenvalue weighted by Crippen LogP contribution is -2.60. The van der Waals surface area contributed by atoms with E-state index in [1.807, 2.05) is 0 Å². The van der Waals surface area contributed by atoms with Gasteiger partial charge in [-0.05, 0) is 55.7 Å². The molecule has 0 N–H and O–H groups in total. The van der Waals surface area contributed by atoms with Crippen molar-refractivity contribution >= 4 is 27.7 Å². The van der Waals surface area contributed by atoms with Crippen molar-refractivity contribution in [1.82, 2.24) is 9.80 Å². The van der Waals surface area contributed by atoms with Crippen LogP contribution >= 0.6 is 0 Å². The van der Waals surface area contributed by atoms with E-state index >= 15 is 4.79 Å². The van der Waals surface area contributed by atoms with Gasteiger partial charge < -0.3 is 23.8 Å². The van der Waals surface area contributed by atoms with Gasteiger partial charge in [-0.1, -0.05) is 18.2 Å². The number of carbonyl (C=O) groups excluding carboxylic acids is 2. The summed E-state index contributed by atoms with van der Waals surface area (Å²) < 4.78 is 52.4. The zero-order valence-corrected chi connectivity index (χ0v) is 26.5. The average Bonchev–Trinajstić information content (AvgIpc) is 3.32. The standard InChI is InChI=1S/C32H34N4O8S/c1-34(2)31(38)44-29-12-8-9-17-35(29)32(23-10-6-7-11-26(23)42-4)24-18-21(20-33)13-15-25(24)36(30(32)37)45(39,40)28-16-14-22(41-3)19-27(28)43-5/h6-7,10-11,13-16,18-19,29H,8-9,12,17H2,1-5H3/t29-,32?/m0/s1. The Labute approximate surface area is 262 Å². The van der Waals surface area contributed by atoms with Crippen molar-refractivity contribution in [2.75, 3.05) is 46.3 Å². The molecule has 2 amide bonds. The Kier molecular flexibility index (Phi) is 8.64. The van der Waals surface area contributed by atoms with Crippen molar-refractivity contribution in [2.24, 2.45) is 0 Å². The van der Waals surface area contributed by atoms with Crippen LogP contribution in [0, 0.1) is 11.3 Å². The number of hydrogen-bond acceptors (Lipinski definition) is 10. The maximum absolute atomic E-state index is 15.3. The molecule has 3 aromatic rings. The van der Waals surface area contributed by atoms with Crippen molar-refractivity contribution in [2.45, 2.75) is 35.9 Å². The molecule has 1 unspecified atom stereocenters. The maximum Gasteiger partial charge on any atom is 0.410 e. The van der Waals surface area contributed by atoms with Gasteiger partial charge in [0.05, 0.1) is 38.6 Å². The number of fused-ring (bicyclic) bond motifs is 1. The van der Waals surface area contributed by atoms with E-state index in [0.29, 0.717) is 36.3 Å². The lowest BCUT2D eigenvalue weighted by atomic mass is 9.79. The average molecular weight is 635 g/mol. The molecule has 0 saturated carbocycles. The third-order valence-electron chi connectivity index (χ3n) is 8.09. The van der Waals surface area contributed by atoms with Crippen molar-refractivity contribution in [3.63, 3.8) is 0 Å². The van der Waals surface area contributed by atoms with Gasteiger partial charge in [-0.3, -0.25) is 4.79 Å². The zero-order chi connectivity index (χ0) is 32.5. The first kappa shape index (κ1) is 31.6. The van der Waals surface area contributed by atoms with Gasteiger partial charge in [0.1, 0.15) is 22.1 Å². The largest absolute Gasteiger partial charge is 0.497 e. The van der Waals surface area contributed by atoms with Crippen LogP contribution in [0.15, 0.2) is 65.6 Å². The van der Waals surface area contributed by atoms with Gasteiger partial charge in [-0.2, -0.15) is 5.26 Å². The number of anilines is 1. The molecular weight excluding hydrogens is 600 g/mol. The fourth-order valence-electron chi connectivity index (χ4n) is 6.03. The fourth-order valence-corrected chi connectivity index (χ4v) is 7.64. The van der Waals surface area contributed by atoms with Gasteiger partial charge in [0.15, 0.2) is 11.8 Å². The van der Waals surface area contributed by atoms with Crippen LogP contribution in [0.1, 0.15) is 36.0 Å². The van der Waals surface area contributed by atoms with Crippen molar-refractivity contribution in [3.8, 4) is 23.3 Å². The Morgan fingerprint density at radius 3 is 2.36 bits per heavy atom. The molecule has 0 aliphatic carbocycles. The minimum absolute atomic E-state index is 0.0251. The highest BCUT2D eigenvalue weighted by Crippen LogP contribution is 2.54. The molecule has 5 rings (SSSR count). The third-order valence-corrected chi connectivity index (χ3v) is 9.83. The Bertz CT molecular complexity index is 1790. The molecule has 2 aliphatic rings. The highest BCUT2D eigenvalue weighted by atomic mass is 32.2. The molecule has 2 heterocycles. The molecule has 1 fully saturated rings. The smallest absolute Gasteiger partial charge is 0.410 e. The number of sulfonamides is 1. The van der Waals surface area contributed by atoms with E-state index in [-0.39, 0.29) is 34.0 Å². The highest BCUT2D eigenvalue weighted by molar-refractivity contribution is 7.93. The van der Waals surface area contributed by atoms with E-state index in [2.05, 4.69) is 6.07 Å². The third kappa shape index (κ3) is 5.09. The molecule has 2 atom stereocenters. The second-order valence-corrected chi connectivity index (χ2v) is 12.5. The van der Waals surface area contributed by atoms with Gasteiger partial charge in [0.25, 0.3) is 15.9 Å². The van der Waals surface area contributed by atoms with E-state index in [9.17, 15) is 18.5 Å². The highest BCUT2D eigenvalue weighted by Gasteiger charge is 2.62. The first-order valence-electron chi connectivity index (χ1n) is 14.2. The van der Waals surface area contributed by atoms with E-state index in [1.54, 1.807) is 43.3 Å². The van der Waals surface area contributed by atoms with Crippen LogP contribution in [-0.2, 0) is 25.1 Å². The predicted octanol–water partition coefficient (Wildman–Crippen LogP) is 4.07. The molecule has 0 spiro atoms. The summed E-state index contributed by atoms with van der Waals surface area (Å²) in [6.45, 7) is 0.269. The summed E-state index contributed by atoms with van der Waals surface area (Å²) >= 11 is 0. The lowest BCUT2D eigenvalue weighted by Gasteiger charge is -2.46. The Balaban J connectivity index is 1.85. The van der Waals surface area contributed by atoms with Gasteiger partial charge in [0.2, 0.25) is 0 Å². The van der Waals surface area contributed by atoms with Crippen molar-refractivity contribution in [1.29, 1.82) is 5.26 Å². The van der Waals surface area contributed by atoms with Crippen LogP contribution in [0.5, 0.6) is 17.2 Å². The number of hydrogen-bond donors (Lipinski definition) is 0. The number of nitrogens with zero attached hydrogens (tertiary/aromatic N) is 4. The van der Waals surface area contributed by atoms with Gasteiger partial charge in [-0.15, -0.1) is 0 Å². The summed E-state index contributed by atoms with van der Waals surface area (Å²) in [5.41, 5.74) is -1.05. The molecule has 13 heteroatoms. The summed E-state index contributed by atoms with van der Waals surface area (Å²) in [5.74, 6) is -0.200. The number of benzene rings is 3.